The molecule has 4 saturated carbocycles. The molecule has 0 aromatic rings. The summed E-state index contributed by atoms with van der Waals surface area (Å²) >= 11 is 0. The van der Waals surface area contributed by atoms with Crippen LogP contribution in [0.4, 0.5) is 0 Å². The van der Waals surface area contributed by atoms with Crippen molar-refractivity contribution >= 4 is 11.4 Å². The van der Waals surface area contributed by atoms with Crippen LogP contribution in [-0.2, 0) is 0 Å². The van der Waals surface area contributed by atoms with Crippen molar-refractivity contribution in [2.75, 3.05) is 0 Å². The number of fused-ring (bicyclic) bond motifs is 5. The van der Waals surface area contributed by atoms with Crippen molar-refractivity contribution in [2.45, 2.75) is 64.4 Å². The molecule has 0 spiro atoms. The maximum Gasteiger partial charge on any atom is 0.0632 e. The summed E-state index contributed by atoms with van der Waals surface area (Å²) in [7, 11) is 0. The topological polar surface area (TPSA) is 85.4 Å². The Morgan fingerprint density at radius 3 is 2.57 bits per heavy atom. The Morgan fingerprint density at radius 2 is 1.83 bits per heavy atom. The second-order valence-electron chi connectivity index (χ2n) is 8.51. The van der Waals surface area contributed by atoms with Gasteiger partial charge < -0.3 is 15.5 Å². The van der Waals surface area contributed by atoms with Gasteiger partial charge >= 0.3 is 0 Å². The minimum absolute atomic E-state index is 0.0253. The summed E-state index contributed by atoms with van der Waals surface area (Å²) in [6.45, 7) is 2.27. The first-order valence-electron chi connectivity index (χ1n) is 9.18. The minimum Gasteiger partial charge on any atom is -0.411 e. The second kappa shape index (κ2) is 5.47. The molecule has 128 valence electrons. The van der Waals surface area contributed by atoms with Gasteiger partial charge in [0.15, 0.2) is 0 Å². The molecule has 3 N–H and O–H groups in total. The summed E-state index contributed by atoms with van der Waals surface area (Å²) in [4.78, 5) is 0. The number of rotatable bonds is 0. The highest BCUT2D eigenvalue weighted by Gasteiger charge is 2.57. The van der Waals surface area contributed by atoms with Crippen LogP contribution in [0.2, 0.25) is 0 Å². The number of aliphatic hydroxyl groups excluding tert-OH is 1. The Balaban J connectivity index is 1.66. The van der Waals surface area contributed by atoms with Gasteiger partial charge in [-0.25, -0.2) is 0 Å². The summed E-state index contributed by atoms with van der Waals surface area (Å²) in [5.74, 6) is 2.57. The fourth-order valence-electron chi connectivity index (χ4n) is 6.67. The number of hydrogen-bond acceptors (Lipinski definition) is 5. The van der Waals surface area contributed by atoms with E-state index in [9.17, 15) is 15.5 Å². The number of aliphatic hydroxyl groups is 1. The van der Waals surface area contributed by atoms with E-state index in [2.05, 4.69) is 17.2 Å². The van der Waals surface area contributed by atoms with Gasteiger partial charge in [-0.3, -0.25) is 0 Å². The van der Waals surface area contributed by atoms with E-state index in [0.29, 0.717) is 23.7 Å². The quantitative estimate of drug-likeness (QED) is 0.473. The van der Waals surface area contributed by atoms with E-state index >= 15 is 0 Å². The van der Waals surface area contributed by atoms with Gasteiger partial charge in [-0.05, 0) is 75.0 Å². The van der Waals surface area contributed by atoms with Crippen molar-refractivity contribution in [1.82, 2.24) is 0 Å². The van der Waals surface area contributed by atoms with Crippen LogP contribution in [0.15, 0.2) is 10.3 Å². The predicted octanol–water partition coefficient (Wildman–Crippen LogP) is 3.27. The minimum atomic E-state index is -0.238. The van der Waals surface area contributed by atoms with Gasteiger partial charge in [0.25, 0.3) is 0 Å². The molecule has 23 heavy (non-hydrogen) atoms. The molecule has 0 heterocycles. The van der Waals surface area contributed by atoms with Crippen molar-refractivity contribution < 1.29 is 15.5 Å². The summed E-state index contributed by atoms with van der Waals surface area (Å²) < 4.78 is 0. The molecule has 4 aliphatic carbocycles. The zero-order valence-corrected chi connectivity index (χ0v) is 13.9. The summed E-state index contributed by atoms with van der Waals surface area (Å²) in [5, 5.41) is 36.2. The summed E-state index contributed by atoms with van der Waals surface area (Å²) in [6, 6.07) is 0. The molecule has 4 fully saturated rings. The SMILES string of the molecule is C[C@]12CCC3C4CCC(O)CC4/C(=N\O)CC3C1CC/C2=N\O. The van der Waals surface area contributed by atoms with Crippen LogP contribution in [-0.4, -0.2) is 33.0 Å². The third kappa shape index (κ3) is 2.15. The molecule has 0 radical (unpaired) electrons. The molecule has 5 nitrogen and oxygen atoms in total. The summed E-state index contributed by atoms with van der Waals surface area (Å²) in [6.07, 6.45) is 7.59. The molecule has 7 atom stereocenters. The Bertz CT molecular complexity index is 546. The van der Waals surface area contributed by atoms with E-state index in [1.165, 1.54) is 6.42 Å². The zero-order valence-electron chi connectivity index (χ0n) is 13.9. The average molecular weight is 320 g/mol. The first kappa shape index (κ1) is 15.4. The Labute approximate surface area is 137 Å². The molecular formula is C18H28N2O3. The predicted molar refractivity (Wildman–Crippen MR) is 86.9 cm³/mol. The van der Waals surface area contributed by atoms with Crippen LogP contribution in [0.5, 0.6) is 0 Å². The van der Waals surface area contributed by atoms with Crippen LogP contribution >= 0.6 is 0 Å². The molecular weight excluding hydrogens is 292 g/mol. The molecule has 4 aliphatic rings. The van der Waals surface area contributed by atoms with E-state index in [1.807, 2.05) is 0 Å². The van der Waals surface area contributed by atoms with Crippen molar-refractivity contribution in [2.24, 2.45) is 45.3 Å². The lowest BCUT2D eigenvalue weighted by atomic mass is 9.50. The second-order valence-corrected chi connectivity index (χ2v) is 8.51. The van der Waals surface area contributed by atoms with Gasteiger partial charge in [-0.1, -0.05) is 17.2 Å². The van der Waals surface area contributed by atoms with Gasteiger partial charge in [-0.2, -0.15) is 0 Å². The van der Waals surface area contributed by atoms with Crippen LogP contribution in [0.25, 0.3) is 0 Å². The molecule has 0 aliphatic heterocycles. The monoisotopic (exact) mass is 320 g/mol. The first-order chi connectivity index (χ1) is 11.1. The molecule has 0 bridgehead atoms. The largest absolute Gasteiger partial charge is 0.411 e. The highest BCUT2D eigenvalue weighted by atomic mass is 16.4. The maximum atomic E-state index is 10.0. The number of oxime groups is 2. The molecule has 0 saturated heterocycles. The lowest BCUT2D eigenvalue weighted by molar-refractivity contribution is -0.0179. The Morgan fingerprint density at radius 1 is 1.00 bits per heavy atom. The molecule has 0 amide bonds. The van der Waals surface area contributed by atoms with E-state index in [0.717, 1.165) is 56.4 Å². The van der Waals surface area contributed by atoms with Crippen molar-refractivity contribution in [3.63, 3.8) is 0 Å². The molecule has 5 heteroatoms. The zero-order chi connectivity index (χ0) is 16.2. The normalized spacial score (nSPS) is 53.0. The third-order valence-corrected chi connectivity index (χ3v) is 7.78. The number of nitrogens with zero attached hydrogens (tertiary/aromatic N) is 2. The molecule has 6 unspecified atom stereocenters. The van der Waals surface area contributed by atoms with E-state index < -0.39 is 0 Å². The smallest absolute Gasteiger partial charge is 0.0632 e. The Kier molecular flexibility index (Phi) is 3.67. The van der Waals surface area contributed by atoms with Crippen molar-refractivity contribution in [3.05, 3.63) is 0 Å². The highest BCUT2D eigenvalue weighted by Crippen LogP contribution is 2.61. The van der Waals surface area contributed by atoms with Gasteiger partial charge in [0.2, 0.25) is 0 Å². The lowest BCUT2D eigenvalue weighted by Gasteiger charge is -2.54. The standard InChI is InChI=1S/C18H28N2O3/c1-18-7-6-12-11-3-2-10(21)8-14(11)16(19-22)9-13(12)15(18)4-5-17(18)20-23/h10-15,21-23H,2-9H2,1H3/b19-16-,20-17+/t10?,11?,12?,13?,14?,15?,18-/m0/s1. The van der Waals surface area contributed by atoms with Gasteiger partial charge in [0.1, 0.15) is 0 Å². The average Bonchev–Trinajstić information content (AvgIpc) is 2.90. The lowest BCUT2D eigenvalue weighted by Crippen LogP contribution is -2.52. The molecule has 0 aromatic carbocycles. The fourth-order valence-corrected chi connectivity index (χ4v) is 6.67. The van der Waals surface area contributed by atoms with Crippen LogP contribution < -0.4 is 0 Å². The fraction of sp³-hybridized carbons (Fsp3) is 0.889. The first-order valence-corrected chi connectivity index (χ1v) is 9.18. The van der Waals surface area contributed by atoms with E-state index in [-0.39, 0.29) is 17.4 Å². The van der Waals surface area contributed by atoms with Crippen LogP contribution in [0.3, 0.4) is 0 Å². The molecule has 0 aromatic heterocycles. The van der Waals surface area contributed by atoms with Gasteiger partial charge in [0.05, 0.1) is 17.5 Å². The highest BCUT2D eigenvalue weighted by molar-refractivity contribution is 5.92. The van der Waals surface area contributed by atoms with Gasteiger partial charge in [0, 0.05) is 11.3 Å². The number of hydrogen-bond donors (Lipinski definition) is 3. The summed E-state index contributed by atoms with van der Waals surface area (Å²) in [5.41, 5.74) is 1.91. The van der Waals surface area contributed by atoms with E-state index in [4.69, 9.17) is 0 Å². The maximum absolute atomic E-state index is 10.0. The van der Waals surface area contributed by atoms with Gasteiger partial charge in [-0.15, -0.1) is 0 Å². The van der Waals surface area contributed by atoms with E-state index in [1.54, 1.807) is 0 Å². The van der Waals surface area contributed by atoms with Crippen molar-refractivity contribution in [1.29, 1.82) is 0 Å². The van der Waals surface area contributed by atoms with Crippen molar-refractivity contribution in [3.8, 4) is 0 Å². The Hall–Kier alpha value is -1.10. The molecule has 4 rings (SSSR count). The van der Waals surface area contributed by atoms with Crippen LogP contribution in [0.1, 0.15) is 58.3 Å². The third-order valence-electron chi connectivity index (χ3n) is 7.78. The van der Waals surface area contributed by atoms with Crippen LogP contribution in [0, 0.1) is 35.0 Å².